The first-order chi connectivity index (χ1) is 15.0. The molecule has 0 spiro atoms. The number of rotatable bonds is 9. The molecule has 3 rings (SSSR count). The number of ketones is 1. The number of allylic oxidation sites excluding steroid dienone is 1. The molecule has 7 nitrogen and oxygen atoms in total. The number of amides is 1. The number of hydrogen-bond donors (Lipinski definition) is 1. The molecule has 0 aliphatic heterocycles. The third-order valence-corrected chi connectivity index (χ3v) is 4.94. The number of halogens is 1. The van der Waals surface area contributed by atoms with Crippen molar-refractivity contribution in [1.82, 2.24) is 9.78 Å². The highest BCUT2D eigenvalue weighted by molar-refractivity contribution is 9.10. The van der Waals surface area contributed by atoms with Gasteiger partial charge in [0.05, 0.1) is 17.8 Å². The van der Waals surface area contributed by atoms with Gasteiger partial charge in [-0.15, -0.1) is 0 Å². The van der Waals surface area contributed by atoms with E-state index in [4.69, 9.17) is 9.47 Å². The van der Waals surface area contributed by atoms with E-state index in [2.05, 4.69) is 26.3 Å². The van der Waals surface area contributed by atoms with Gasteiger partial charge in [-0.05, 0) is 58.8 Å². The fourth-order valence-corrected chi connectivity index (χ4v) is 3.36. The smallest absolute Gasteiger partial charge is 0.262 e. The lowest BCUT2D eigenvalue weighted by molar-refractivity contribution is -0.118. The molecule has 0 fully saturated rings. The van der Waals surface area contributed by atoms with E-state index in [1.54, 1.807) is 47.3 Å². The maximum Gasteiger partial charge on any atom is 0.262 e. The topological polar surface area (TPSA) is 82.5 Å². The lowest BCUT2D eigenvalue weighted by atomic mass is 10.1. The first-order valence-corrected chi connectivity index (χ1v) is 10.4. The van der Waals surface area contributed by atoms with Gasteiger partial charge in [0, 0.05) is 12.2 Å². The highest BCUT2D eigenvalue weighted by atomic mass is 79.9. The van der Waals surface area contributed by atoms with Crippen molar-refractivity contribution in [3.05, 3.63) is 76.5 Å². The molecule has 1 aromatic heterocycles. The molecule has 1 N–H and O–H groups in total. The van der Waals surface area contributed by atoms with Crippen molar-refractivity contribution in [3.63, 3.8) is 0 Å². The molecule has 2 aromatic carbocycles. The van der Waals surface area contributed by atoms with E-state index in [0.29, 0.717) is 33.9 Å². The second kappa shape index (κ2) is 10.6. The van der Waals surface area contributed by atoms with Crippen LogP contribution >= 0.6 is 15.9 Å². The van der Waals surface area contributed by atoms with Crippen LogP contribution in [0.15, 0.2) is 65.3 Å². The summed E-state index contributed by atoms with van der Waals surface area (Å²) in [7, 11) is 1.52. The number of anilines is 1. The summed E-state index contributed by atoms with van der Waals surface area (Å²) < 4.78 is 13.3. The van der Waals surface area contributed by atoms with E-state index in [0.717, 1.165) is 5.56 Å². The molecule has 0 aliphatic rings. The summed E-state index contributed by atoms with van der Waals surface area (Å²) in [6.45, 7) is 2.36. The number of methoxy groups -OCH3 is 1. The van der Waals surface area contributed by atoms with Crippen molar-refractivity contribution >= 4 is 39.4 Å². The molecule has 0 radical (unpaired) electrons. The Balaban J connectivity index is 1.65. The fraction of sp³-hybridized carbons (Fsp3) is 0.174. The Morgan fingerprint density at radius 3 is 2.65 bits per heavy atom. The van der Waals surface area contributed by atoms with Crippen molar-refractivity contribution in [2.45, 2.75) is 13.5 Å². The van der Waals surface area contributed by atoms with Gasteiger partial charge in [0.1, 0.15) is 5.69 Å². The second-order valence-corrected chi connectivity index (χ2v) is 7.32. The molecule has 0 atom stereocenters. The molecule has 0 saturated heterocycles. The Morgan fingerprint density at radius 1 is 1.16 bits per heavy atom. The Bertz CT molecular complexity index is 1090. The number of nitrogens with one attached hydrogen (secondary N) is 1. The minimum atomic E-state index is -0.277. The number of ether oxygens (including phenoxy) is 2. The largest absolute Gasteiger partial charge is 0.493 e. The van der Waals surface area contributed by atoms with E-state index in [1.807, 2.05) is 25.1 Å². The summed E-state index contributed by atoms with van der Waals surface area (Å²) in [6, 6.07) is 14.4. The number of para-hydroxylation sites is 1. The molecule has 31 heavy (non-hydrogen) atoms. The molecule has 0 aliphatic carbocycles. The lowest BCUT2D eigenvalue weighted by Crippen LogP contribution is -2.20. The van der Waals surface area contributed by atoms with Gasteiger partial charge in [-0.2, -0.15) is 5.10 Å². The minimum Gasteiger partial charge on any atom is -0.493 e. The van der Waals surface area contributed by atoms with Crippen molar-refractivity contribution < 1.29 is 19.1 Å². The minimum absolute atomic E-state index is 0.159. The SMILES string of the molecule is CCn1ncc(Br)c1C(=O)/C=C/c1ccc(OCC(=O)Nc2ccccc2)c(OC)c1. The molecule has 3 aromatic rings. The monoisotopic (exact) mass is 483 g/mol. The Morgan fingerprint density at radius 2 is 1.94 bits per heavy atom. The van der Waals surface area contributed by atoms with E-state index in [-0.39, 0.29) is 18.3 Å². The summed E-state index contributed by atoms with van der Waals surface area (Å²) in [5, 5.41) is 6.91. The van der Waals surface area contributed by atoms with Gasteiger partial charge >= 0.3 is 0 Å². The summed E-state index contributed by atoms with van der Waals surface area (Å²) in [6.07, 6.45) is 4.78. The third kappa shape index (κ3) is 5.82. The van der Waals surface area contributed by atoms with E-state index >= 15 is 0 Å². The first kappa shape index (κ1) is 22.3. The van der Waals surface area contributed by atoms with Gasteiger partial charge in [-0.3, -0.25) is 14.3 Å². The predicted octanol–water partition coefficient (Wildman–Crippen LogP) is 4.59. The van der Waals surface area contributed by atoms with Crippen LogP contribution in [0.3, 0.4) is 0 Å². The number of carbonyl (C=O) groups is 2. The first-order valence-electron chi connectivity index (χ1n) is 9.61. The van der Waals surface area contributed by atoms with Gasteiger partial charge in [-0.1, -0.05) is 30.3 Å². The second-order valence-electron chi connectivity index (χ2n) is 6.47. The maximum atomic E-state index is 12.6. The highest BCUT2D eigenvalue weighted by Gasteiger charge is 2.14. The molecule has 160 valence electrons. The van der Waals surface area contributed by atoms with Crippen LogP contribution in [-0.2, 0) is 11.3 Å². The van der Waals surface area contributed by atoms with Gasteiger partial charge < -0.3 is 14.8 Å². The molecule has 0 saturated carbocycles. The third-order valence-electron chi connectivity index (χ3n) is 4.36. The summed E-state index contributed by atoms with van der Waals surface area (Å²) in [5.41, 5.74) is 1.95. The number of nitrogens with zero attached hydrogens (tertiary/aromatic N) is 2. The number of hydrogen-bond acceptors (Lipinski definition) is 5. The van der Waals surface area contributed by atoms with Crippen LogP contribution in [0.5, 0.6) is 11.5 Å². The molecular weight excluding hydrogens is 462 g/mol. The maximum absolute atomic E-state index is 12.6. The van der Waals surface area contributed by atoms with Crippen molar-refractivity contribution in [3.8, 4) is 11.5 Å². The predicted molar refractivity (Wildman–Crippen MR) is 123 cm³/mol. The van der Waals surface area contributed by atoms with E-state index in [9.17, 15) is 9.59 Å². The zero-order valence-electron chi connectivity index (χ0n) is 17.2. The lowest BCUT2D eigenvalue weighted by Gasteiger charge is -2.11. The van der Waals surface area contributed by atoms with Gasteiger partial charge in [0.2, 0.25) is 5.78 Å². The average Bonchev–Trinajstić information content (AvgIpc) is 3.17. The highest BCUT2D eigenvalue weighted by Crippen LogP contribution is 2.29. The molecule has 1 amide bonds. The summed E-state index contributed by atoms with van der Waals surface area (Å²) in [4.78, 5) is 24.6. The van der Waals surface area contributed by atoms with Crippen LogP contribution in [0.1, 0.15) is 23.0 Å². The quantitative estimate of drug-likeness (QED) is 0.355. The average molecular weight is 484 g/mol. The van der Waals surface area contributed by atoms with E-state index < -0.39 is 0 Å². The van der Waals surface area contributed by atoms with Crippen molar-refractivity contribution in [2.24, 2.45) is 0 Å². The normalized spacial score (nSPS) is 10.8. The van der Waals surface area contributed by atoms with E-state index in [1.165, 1.54) is 13.2 Å². The van der Waals surface area contributed by atoms with Gasteiger partial charge in [0.25, 0.3) is 5.91 Å². The number of benzene rings is 2. The number of aromatic nitrogens is 2. The van der Waals surface area contributed by atoms with Gasteiger partial charge in [-0.25, -0.2) is 0 Å². The van der Waals surface area contributed by atoms with Crippen LogP contribution in [0.25, 0.3) is 6.08 Å². The van der Waals surface area contributed by atoms with Crippen molar-refractivity contribution in [2.75, 3.05) is 19.0 Å². The summed E-state index contributed by atoms with van der Waals surface area (Å²) >= 11 is 3.36. The van der Waals surface area contributed by atoms with Crippen LogP contribution in [-0.4, -0.2) is 35.2 Å². The Hall–Kier alpha value is -3.39. The van der Waals surface area contributed by atoms with Gasteiger partial charge in [0.15, 0.2) is 18.1 Å². The molecule has 0 bridgehead atoms. The standard InChI is InChI=1S/C23H22BrN3O4/c1-3-27-23(18(24)14-25-27)19(28)11-9-16-10-12-20(21(13-16)30-2)31-15-22(29)26-17-7-5-4-6-8-17/h4-14H,3,15H2,1-2H3,(H,26,29)/b11-9+. The zero-order chi connectivity index (χ0) is 22.2. The van der Waals surface area contributed by atoms with Crippen LogP contribution in [0.4, 0.5) is 5.69 Å². The molecule has 0 unspecified atom stereocenters. The Labute approximate surface area is 188 Å². The molecule has 8 heteroatoms. The van der Waals surface area contributed by atoms with Crippen LogP contribution in [0.2, 0.25) is 0 Å². The summed E-state index contributed by atoms with van der Waals surface area (Å²) in [5.74, 6) is 0.451. The van der Waals surface area contributed by atoms with Crippen LogP contribution < -0.4 is 14.8 Å². The Kier molecular flexibility index (Phi) is 7.61. The molecule has 1 heterocycles. The zero-order valence-corrected chi connectivity index (χ0v) is 18.8. The number of aryl methyl sites for hydroxylation is 1. The molecular formula is C23H22BrN3O4. The number of carbonyl (C=O) groups excluding carboxylic acids is 2. The van der Waals surface area contributed by atoms with Crippen molar-refractivity contribution in [1.29, 1.82) is 0 Å². The van der Waals surface area contributed by atoms with Crippen LogP contribution in [0, 0.1) is 0 Å². The fourth-order valence-electron chi connectivity index (χ4n) is 2.87.